The minimum absolute atomic E-state index is 0.0253. The highest BCUT2D eigenvalue weighted by Crippen LogP contribution is 2.27. The molecular weight excluding hydrogens is 348 g/mol. The fourth-order valence-corrected chi connectivity index (χ4v) is 4.68. The van der Waals surface area contributed by atoms with E-state index in [2.05, 4.69) is 5.32 Å². The molecule has 0 unspecified atom stereocenters. The Bertz CT molecular complexity index is 918. The van der Waals surface area contributed by atoms with Gasteiger partial charge >= 0.3 is 0 Å². The standard InChI is InChI=1S/C20H24N2O3S/c1-4-26(24,25)22-13-17-8-6-5-7-16(17)12-19(22)20(23)21-18-10-14(2)9-15(3)11-18/h5-11,19H,4,12-13H2,1-3H3,(H,21,23)/t19-/m1/s1. The van der Waals surface area contributed by atoms with Crippen molar-refractivity contribution in [3.63, 3.8) is 0 Å². The van der Waals surface area contributed by atoms with Crippen molar-refractivity contribution >= 4 is 21.6 Å². The van der Waals surface area contributed by atoms with Gasteiger partial charge in [-0.25, -0.2) is 8.42 Å². The second-order valence-corrected chi connectivity index (χ2v) is 9.01. The maximum Gasteiger partial charge on any atom is 0.243 e. The predicted octanol–water partition coefficient (Wildman–Crippen LogP) is 3.02. The van der Waals surface area contributed by atoms with Gasteiger partial charge in [0.1, 0.15) is 6.04 Å². The number of nitrogens with one attached hydrogen (secondary N) is 1. The molecule has 0 radical (unpaired) electrons. The molecule has 1 heterocycles. The Kier molecular flexibility index (Phi) is 5.16. The minimum Gasteiger partial charge on any atom is -0.325 e. The van der Waals surface area contributed by atoms with Crippen LogP contribution in [0, 0.1) is 13.8 Å². The summed E-state index contributed by atoms with van der Waals surface area (Å²) in [4.78, 5) is 13.0. The average Bonchev–Trinajstić information content (AvgIpc) is 2.59. The van der Waals surface area contributed by atoms with E-state index >= 15 is 0 Å². The number of aryl methyl sites for hydroxylation is 2. The third kappa shape index (κ3) is 3.81. The Morgan fingerprint density at radius 2 is 1.73 bits per heavy atom. The fraction of sp³-hybridized carbons (Fsp3) is 0.350. The van der Waals surface area contributed by atoms with Gasteiger partial charge in [0, 0.05) is 12.2 Å². The van der Waals surface area contributed by atoms with E-state index in [1.165, 1.54) is 4.31 Å². The number of sulfonamides is 1. The summed E-state index contributed by atoms with van der Waals surface area (Å²) in [5.41, 5.74) is 4.77. The molecule has 1 aliphatic rings. The molecule has 0 aliphatic carbocycles. The molecule has 0 fully saturated rings. The van der Waals surface area contributed by atoms with Crippen molar-refractivity contribution in [2.24, 2.45) is 0 Å². The molecule has 138 valence electrons. The van der Waals surface area contributed by atoms with Crippen LogP contribution < -0.4 is 5.32 Å². The molecule has 1 N–H and O–H groups in total. The van der Waals surface area contributed by atoms with Crippen molar-refractivity contribution < 1.29 is 13.2 Å². The molecule has 1 amide bonds. The summed E-state index contributed by atoms with van der Waals surface area (Å²) in [7, 11) is -3.49. The van der Waals surface area contributed by atoms with Crippen molar-refractivity contribution in [2.45, 2.75) is 39.8 Å². The van der Waals surface area contributed by atoms with E-state index in [-0.39, 0.29) is 18.2 Å². The fourth-order valence-electron chi connectivity index (χ4n) is 3.45. The van der Waals surface area contributed by atoms with Gasteiger partial charge in [-0.1, -0.05) is 30.3 Å². The molecular formula is C20H24N2O3S. The zero-order valence-electron chi connectivity index (χ0n) is 15.3. The molecule has 3 rings (SSSR count). The maximum atomic E-state index is 13.0. The second kappa shape index (κ2) is 7.21. The Balaban J connectivity index is 1.93. The van der Waals surface area contributed by atoms with E-state index in [1.54, 1.807) is 6.92 Å². The molecule has 0 saturated heterocycles. The smallest absolute Gasteiger partial charge is 0.243 e. The summed E-state index contributed by atoms with van der Waals surface area (Å²) in [5, 5.41) is 2.91. The summed E-state index contributed by atoms with van der Waals surface area (Å²) in [5.74, 6) is -0.316. The van der Waals surface area contributed by atoms with Crippen LogP contribution in [0.25, 0.3) is 0 Å². The Hall–Kier alpha value is -2.18. The third-order valence-electron chi connectivity index (χ3n) is 4.72. The second-order valence-electron chi connectivity index (χ2n) is 6.80. The molecule has 1 atom stereocenters. The molecule has 26 heavy (non-hydrogen) atoms. The van der Waals surface area contributed by atoms with Crippen LogP contribution in [0.1, 0.15) is 29.2 Å². The van der Waals surface area contributed by atoms with Crippen molar-refractivity contribution in [1.82, 2.24) is 4.31 Å². The first-order valence-electron chi connectivity index (χ1n) is 8.75. The monoisotopic (exact) mass is 372 g/mol. The molecule has 2 aromatic carbocycles. The highest BCUT2D eigenvalue weighted by atomic mass is 32.2. The van der Waals surface area contributed by atoms with Crippen LogP contribution in [0.15, 0.2) is 42.5 Å². The number of carbonyl (C=O) groups is 1. The molecule has 1 aliphatic heterocycles. The van der Waals surface area contributed by atoms with Crippen LogP contribution in [-0.2, 0) is 27.8 Å². The first-order valence-corrected chi connectivity index (χ1v) is 10.4. The number of nitrogens with zero attached hydrogens (tertiary/aromatic N) is 1. The van der Waals surface area contributed by atoms with Crippen LogP contribution in [0.3, 0.4) is 0 Å². The highest BCUT2D eigenvalue weighted by Gasteiger charge is 2.37. The quantitative estimate of drug-likeness (QED) is 0.897. The van der Waals surface area contributed by atoms with Crippen molar-refractivity contribution in [3.05, 3.63) is 64.7 Å². The summed E-state index contributed by atoms with van der Waals surface area (Å²) < 4.78 is 26.5. The van der Waals surface area contributed by atoms with E-state index in [0.29, 0.717) is 12.1 Å². The van der Waals surface area contributed by atoms with Crippen LogP contribution in [0.5, 0.6) is 0 Å². The molecule has 0 spiro atoms. The topological polar surface area (TPSA) is 66.5 Å². The number of carbonyl (C=O) groups excluding carboxylic acids is 1. The van der Waals surface area contributed by atoms with Crippen molar-refractivity contribution in [2.75, 3.05) is 11.1 Å². The lowest BCUT2D eigenvalue weighted by Gasteiger charge is -2.34. The van der Waals surface area contributed by atoms with Gasteiger partial charge in [-0.2, -0.15) is 4.31 Å². The Morgan fingerprint density at radius 1 is 1.12 bits per heavy atom. The van der Waals surface area contributed by atoms with Gasteiger partial charge < -0.3 is 5.32 Å². The lowest BCUT2D eigenvalue weighted by molar-refractivity contribution is -0.120. The van der Waals surface area contributed by atoms with Crippen LogP contribution in [0.4, 0.5) is 5.69 Å². The SMILES string of the molecule is CCS(=O)(=O)N1Cc2ccccc2C[C@@H]1C(=O)Nc1cc(C)cc(C)c1. The van der Waals surface area contributed by atoms with Gasteiger partial charge in [0.2, 0.25) is 15.9 Å². The number of benzene rings is 2. The Morgan fingerprint density at radius 3 is 2.35 bits per heavy atom. The number of hydrogen-bond acceptors (Lipinski definition) is 3. The van der Waals surface area contributed by atoms with Gasteiger partial charge in [0.15, 0.2) is 0 Å². The largest absolute Gasteiger partial charge is 0.325 e. The molecule has 5 nitrogen and oxygen atoms in total. The minimum atomic E-state index is -3.49. The lowest BCUT2D eigenvalue weighted by atomic mass is 9.95. The normalized spacial score (nSPS) is 17.6. The predicted molar refractivity (Wildman–Crippen MR) is 103 cm³/mol. The molecule has 0 saturated carbocycles. The molecule has 6 heteroatoms. The summed E-state index contributed by atoms with van der Waals surface area (Å²) in [6.07, 6.45) is 0.381. The number of hydrogen-bond donors (Lipinski definition) is 1. The summed E-state index contributed by atoms with van der Waals surface area (Å²) in [6, 6.07) is 12.8. The van der Waals surface area contributed by atoms with Crippen LogP contribution >= 0.6 is 0 Å². The van der Waals surface area contributed by atoms with Gasteiger partial charge in [-0.3, -0.25) is 4.79 Å². The number of anilines is 1. The number of fused-ring (bicyclic) bond motifs is 1. The van der Waals surface area contributed by atoms with Gasteiger partial charge in [-0.05, 0) is 61.6 Å². The van der Waals surface area contributed by atoms with E-state index in [0.717, 1.165) is 22.3 Å². The highest BCUT2D eigenvalue weighted by molar-refractivity contribution is 7.89. The number of rotatable bonds is 4. The summed E-state index contributed by atoms with van der Waals surface area (Å²) in [6.45, 7) is 5.77. The maximum absolute atomic E-state index is 13.0. The first-order chi connectivity index (χ1) is 12.3. The van der Waals surface area contributed by atoms with E-state index in [1.807, 2.05) is 56.3 Å². The Labute approximate surface area is 155 Å². The zero-order valence-corrected chi connectivity index (χ0v) is 16.1. The lowest BCUT2D eigenvalue weighted by Crippen LogP contribution is -2.51. The number of amides is 1. The molecule has 0 bridgehead atoms. The average molecular weight is 372 g/mol. The van der Waals surface area contributed by atoms with Crippen molar-refractivity contribution in [3.8, 4) is 0 Å². The van der Waals surface area contributed by atoms with Gasteiger partial charge in [0.25, 0.3) is 0 Å². The van der Waals surface area contributed by atoms with Crippen LogP contribution in [0.2, 0.25) is 0 Å². The summed E-state index contributed by atoms with van der Waals surface area (Å²) >= 11 is 0. The van der Waals surface area contributed by atoms with E-state index < -0.39 is 16.1 Å². The van der Waals surface area contributed by atoms with Crippen LogP contribution in [-0.4, -0.2) is 30.4 Å². The first kappa shape index (κ1) is 18.6. The molecule has 2 aromatic rings. The molecule has 0 aromatic heterocycles. The van der Waals surface area contributed by atoms with E-state index in [9.17, 15) is 13.2 Å². The van der Waals surface area contributed by atoms with Crippen molar-refractivity contribution in [1.29, 1.82) is 0 Å². The zero-order chi connectivity index (χ0) is 18.9. The van der Waals surface area contributed by atoms with E-state index in [4.69, 9.17) is 0 Å². The van der Waals surface area contributed by atoms with Gasteiger partial charge in [-0.15, -0.1) is 0 Å². The third-order valence-corrected chi connectivity index (χ3v) is 6.55. The van der Waals surface area contributed by atoms with Gasteiger partial charge in [0.05, 0.1) is 5.75 Å².